The average Bonchev–Trinajstić information content (AvgIpc) is 3.34. The molecule has 1 aliphatic heterocycles. The van der Waals surface area contributed by atoms with Gasteiger partial charge >= 0.3 is 0 Å². The molecule has 0 radical (unpaired) electrons. The van der Waals surface area contributed by atoms with Gasteiger partial charge < -0.3 is 19.5 Å². The molecular formula is C26H39N3O4S. The van der Waals surface area contributed by atoms with Gasteiger partial charge in [-0.05, 0) is 88.8 Å². The topological polar surface area (TPSA) is 63.3 Å². The summed E-state index contributed by atoms with van der Waals surface area (Å²) >= 11 is 1.49. The lowest BCUT2D eigenvalue weighted by atomic mass is 9.98. The van der Waals surface area contributed by atoms with E-state index in [0.29, 0.717) is 28.8 Å². The van der Waals surface area contributed by atoms with Crippen LogP contribution in [-0.2, 0) is 4.74 Å². The van der Waals surface area contributed by atoms with Gasteiger partial charge in [0.15, 0.2) is 11.5 Å². The van der Waals surface area contributed by atoms with Crippen LogP contribution in [-0.4, -0.2) is 75.6 Å². The normalized spacial score (nSPS) is 19.3. The molecule has 3 unspecified atom stereocenters. The highest BCUT2D eigenvalue weighted by molar-refractivity contribution is 7.17. The van der Waals surface area contributed by atoms with Crippen LogP contribution in [0.25, 0.3) is 10.4 Å². The lowest BCUT2D eigenvalue weighted by Gasteiger charge is -2.33. The summed E-state index contributed by atoms with van der Waals surface area (Å²) in [5.41, 5.74) is 1.00. The molecule has 8 heteroatoms. The maximum absolute atomic E-state index is 12.8. The molecule has 34 heavy (non-hydrogen) atoms. The van der Waals surface area contributed by atoms with Crippen molar-refractivity contribution in [2.75, 3.05) is 47.4 Å². The Hall–Kier alpha value is -2.13. The van der Waals surface area contributed by atoms with Gasteiger partial charge in [0.2, 0.25) is 0 Å². The van der Waals surface area contributed by atoms with E-state index in [2.05, 4.69) is 29.0 Å². The van der Waals surface area contributed by atoms with E-state index in [1.165, 1.54) is 11.3 Å². The Morgan fingerprint density at radius 3 is 2.65 bits per heavy atom. The molecule has 0 bridgehead atoms. The van der Waals surface area contributed by atoms with Gasteiger partial charge in [0.05, 0.1) is 12.0 Å². The zero-order valence-corrected chi connectivity index (χ0v) is 22.1. The lowest BCUT2D eigenvalue weighted by molar-refractivity contribution is -0.0821. The van der Waals surface area contributed by atoms with Gasteiger partial charge in [-0.1, -0.05) is 13.8 Å². The van der Waals surface area contributed by atoms with E-state index in [1.54, 1.807) is 7.11 Å². The summed E-state index contributed by atoms with van der Waals surface area (Å²) in [6.07, 6.45) is 1.99. The second-order valence-corrected chi connectivity index (χ2v) is 9.94. The van der Waals surface area contributed by atoms with Crippen molar-refractivity contribution in [3.63, 3.8) is 0 Å². The minimum absolute atomic E-state index is 0.0240. The van der Waals surface area contributed by atoms with E-state index in [0.717, 1.165) is 43.0 Å². The van der Waals surface area contributed by atoms with E-state index >= 15 is 0 Å². The van der Waals surface area contributed by atoms with Crippen molar-refractivity contribution in [2.24, 2.45) is 5.92 Å². The van der Waals surface area contributed by atoms with E-state index in [4.69, 9.17) is 14.2 Å². The van der Waals surface area contributed by atoms with E-state index < -0.39 is 0 Å². The van der Waals surface area contributed by atoms with Gasteiger partial charge in [0.25, 0.3) is 5.91 Å². The number of hydrogen-bond donors (Lipinski definition) is 1. The minimum atomic E-state index is -0.0458. The predicted octanol–water partition coefficient (Wildman–Crippen LogP) is 4.53. The van der Waals surface area contributed by atoms with Crippen molar-refractivity contribution in [3.05, 3.63) is 35.2 Å². The molecule has 1 aromatic heterocycles. The van der Waals surface area contributed by atoms with Gasteiger partial charge in [-0.25, -0.2) is 0 Å². The molecule has 3 rings (SSSR count). The zero-order valence-electron chi connectivity index (χ0n) is 21.3. The Morgan fingerprint density at radius 1 is 1.21 bits per heavy atom. The number of ether oxygens (including phenoxy) is 3. The van der Waals surface area contributed by atoms with Crippen molar-refractivity contribution < 1.29 is 19.0 Å². The van der Waals surface area contributed by atoms with Crippen molar-refractivity contribution in [1.82, 2.24) is 15.1 Å². The van der Waals surface area contributed by atoms with Crippen molar-refractivity contribution in [3.8, 4) is 21.9 Å². The lowest BCUT2D eigenvalue weighted by Crippen LogP contribution is -2.40. The second-order valence-electron chi connectivity index (χ2n) is 8.86. The fourth-order valence-corrected chi connectivity index (χ4v) is 5.16. The number of benzene rings is 1. The molecule has 0 aliphatic carbocycles. The first-order chi connectivity index (χ1) is 16.4. The van der Waals surface area contributed by atoms with Crippen molar-refractivity contribution in [2.45, 2.75) is 46.1 Å². The molecule has 1 fully saturated rings. The van der Waals surface area contributed by atoms with Crippen LogP contribution in [0.3, 0.4) is 0 Å². The number of carbonyl (C=O) groups excluding carboxylic acids is 1. The largest absolute Gasteiger partial charge is 0.493 e. The van der Waals surface area contributed by atoms with Gasteiger partial charge in [-0.15, -0.1) is 11.3 Å². The quantitative estimate of drug-likeness (QED) is 0.468. The number of nitrogens with one attached hydrogen (secondary N) is 1. The number of hydrogen-bond acceptors (Lipinski definition) is 7. The summed E-state index contributed by atoms with van der Waals surface area (Å²) in [6.45, 7) is 9.54. The third kappa shape index (κ3) is 6.72. The third-order valence-corrected chi connectivity index (χ3v) is 7.53. The molecule has 3 atom stereocenters. The Kier molecular flexibility index (Phi) is 9.76. The Bertz CT molecular complexity index is 929. The summed E-state index contributed by atoms with van der Waals surface area (Å²) in [4.78, 5) is 18.8. The zero-order chi connectivity index (χ0) is 24.7. The molecule has 2 aromatic rings. The molecule has 0 spiro atoms. The average molecular weight is 490 g/mol. The summed E-state index contributed by atoms with van der Waals surface area (Å²) in [5, 5.41) is 3.12. The van der Waals surface area contributed by atoms with E-state index in [9.17, 15) is 4.79 Å². The molecule has 7 nitrogen and oxygen atoms in total. The van der Waals surface area contributed by atoms with Crippen LogP contribution in [0.5, 0.6) is 11.5 Å². The first-order valence-corrected chi connectivity index (χ1v) is 12.9. The molecule has 1 saturated heterocycles. The standard InChI is InChI=1S/C26H39N3O4S/c1-7-29(8-2)18(3)33-21-10-9-20(16-22(21)31-6)23-11-12-24(34-23)26(30)27-17-19-13-14-32-25(15-19)28(4)5/h9-12,16,18-19,25H,7-8,13-15,17H2,1-6H3,(H,27,30). The third-order valence-electron chi connectivity index (χ3n) is 6.40. The van der Waals surface area contributed by atoms with E-state index in [1.807, 2.05) is 51.4 Å². The maximum atomic E-state index is 12.8. The van der Waals surface area contributed by atoms with Crippen LogP contribution in [0.1, 0.15) is 43.3 Å². The number of amides is 1. The summed E-state index contributed by atoms with van der Waals surface area (Å²) < 4.78 is 17.5. The number of thiophene rings is 1. The van der Waals surface area contributed by atoms with Gasteiger partial charge in [-0.2, -0.15) is 0 Å². The second kappa shape index (κ2) is 12.5. The van der Waals surface area contributed by atoms with Gasteiger partial charge in [0, 0.05) is 18.0 Å². The Labute approximate surface area is 208 Å². The highest BCUT2D eigenvalue weighted by atomic mass is 32.1. The first kappa shape index (κ1) is 26.5. The number of methoxy groups -OCH3 is 1. The summed E-state index contributed by atoms with van der Waals surface area (Å²) in [6, 6.07) is 9.82. The van der Waals surface area contributed by atoms with Crippen LogP contribution < -0.4 is 14.8 Å². The molecule has 0 saturated carbocycles. The van der Waals surface area contributed by atoms with Crippen molar-refractivity contribution in [1.29, 1.82) is 0 Å². The highest BCUT2D eigenvalue weighted by Crippen LogP contribution is 2.36. The molecule has 2 heterocycles. The molecule has 188 valence electrons. The van der Waals surface area contributed by atoms with Crippen LogP contribution in [0.4, 0.5) is 0 Å². The van der Waals surface area contributed by atoms with Crippen LogP contribution in [0, 0.1) is 5.92 Å². The van der Waals surface area contributed by atoms with Gasteiger partial charge in [0.1, 0.15) is 12.5 Å². The Balaban J connectivity index is 1.63. The smallest absolute Gasteiger partial charge is 0.261 e. The number of carbonyl (C=O) groups is 1. The molecular weight excluding hydrogens is 450 g/mol. The van der Waals surface area contributed by atoms with Crippen LogP contribution in [0.15, 0.2) is 30.3 Å². The number of nitrogens with zero attached hydrogens (tertiary/aromatic N) is 2. The molecule has 1 aromatic carbocycles. The minimum Gasteiger partial charge on any atom is -0.493 e. The molecule has 1 N–H and O–H groups in total. The highest BCUT2D eigenvalue weighted by Gasteiger charge is 2.24. The monoisotopic (exact) mass is 489 g/mol. The Morgan fingerprint density at radius 2 is 1.97 bits per heavy atom. The predicted molar refractivity (Wildman–Crippen MR) is 138 cm³/mol. The van der Waals surface area contributed by atoms with Gasteiger partial charge in [-0.3, -0.25) is 14.6 Å². The van der Waals surface area contributed by atoms with Crippen LogP contribution in [0.2, 0.25) is 0 Å². The fraction of sp³-hybridized carbons (Fsp3) is 0.577. The fourth-order valence-electron chi connectivity index (χ4n) is 4.24. The summed E-state index contributed by atoms with van der Waals surface area (Å²) in [5.74, 6) is 1.81. The first-order valence-electron chi connectivity index (χ1n) is 12.1. The number of rotatable bonds is 11. The maximum Gasteiger partial charge on any atom is 0.261 e. The summed E-state index contributed by atoms with van der Waals surface area (Å²) in [7, 11) is 5.70. The van der Waals surface area contributed by atoms with E-state index in [-0.39, 0.29) is 18.4 Å². The SMILES string of the molecule is CCN(CC)C(C)Oc1ccc(-c2ccc(C(=O)NCC3CCOC(N(C)C)C3)s2)cc1OC. The van der Waals surface area contributed by atoms with Crippen LogP contribution >= 0.6 is 11.3 Å². The molecule has 1 aliphatic rings. The van der Waals surface area contributed by atoms with Crippen molar-refractivity contribution >= 4 is 17.2 Å². The molecule has 1 amide bonds.